The number of carbonyl (C=O) groups is 2. The number of hydrogen-bond acceptors (Lipinski definition) is 10. The van der Waals surface area contributed by atoms with Crippen molar-refractivity contribution in [3.63, 3.8) is 0 Å². The molecule has 1 aromatic carbocycles. The van der Waals surface area contributed by atoms with E-state index >= 15 is 0 Å². The van der Waals surface area contributed by atoms with Gasteiger partial charge in [-0.1, -0.05) is 12.6 Å². The Bertz CT molecular complexity index is 1410. The smallest absolute Gasteiger partial charge is 0.421 e. The molecule has 3 heterocycles. The molecule has 0 unspecified atom stereocenters. The van der Waals surface area contributed by atoms with Gasteiger partial charge < -0.3 is 30.5 Å². The number of anilines is 6. The quantitative estimate of drug-likeness (QED) is 0.353. The summed E-state index contributed by atoms with van der Waals surface area (Å²) in [5.74, 6) is -0.654. The van der Waals surface area contributed by atoms with Crippen molar-refractivity contribution >= 4 is 46.6 Å². The van der Waals surface area contributed by atoms with Crippen LogP contribution in [0.1, 0.15) is 12.5 Å². The van der Waals surface area contributed by atoms with Crippen LogP contribution in [0.4, 0.5) is 47.9 Å². The molecule has 3 N–H and O–H groups in total. The molecule has 15 heteroatoms. The first-order valence-corrected chi connectivity index (χ1v) is 12.0. The molecule has 1 aliphatic rings. The fourth-order valence-electron chi connectivity index (χ4n) is 3.84. The number of amides is 2. The zero-order valence-electron chi connectivity index (χ0n) is 21.6. The molecule has 0 atom stereocenters. The van der Waals surface area contributed by atoms with Crippen molar-refractivity contribution in [1.82, 2.24) is 24.8 Å². The van der Waals surface area contributed by atoms with Crippen LogP contribution in [0.15, 0.2) is 49.3 Å². The zero-order chi connectivity index (χ0) is 28.9. The lowest BCUT2D eigenvalue weighted by atomic mass is 10.2. The summed E-state index contributed by atoms with van der Waals surface area (Å²) in [6.45, 7) is 7.00. The minimum atomic E-state index is -4.75. The number of carbonyl (C=O) groups excluding carboxylic acids is 2. The molecule has 1 aliphatic heterocycles. The molecular formula is C25H26F3N9O3. The van der Waals surface area contributed by atoms with Crippen LogP contribution in [0.3, 0.4) is 0 Å². The summed E-state index contributed by atoms with van der Waals surface area (Å²) in [6, 6.07) is 6.09. The number of ether oxygens (including phenoxy) is 1. The number of benzene rings is 1. The number of alkyl halides is 3. The monoisotopic (exact) mass is 557 g/mol. The zero-order valence-corrected chi connectivity index (χ0v) is 21.6. The maximum Gasteiger partial charge on any atom is 0.421 e. The van der Waals surface area contributed by atoms with Crippen LogP contribution in [-0.4, -0.2) is 69.9 Å². The van der Waals surface area contributed by atoms with Crippen LogP contribution in [0.2, 0.25) is 0 Å². The van der Waals surface area contributed by atoms with Gasteiger partial charge in [-0.25, -0.2) is 9.97 Å². The van der Waals surface area contributed by atoms with E-state index in [2.05, 4.69) is 42.5 Å². The van der Waals surface area contributed by atoms with Crippen LogP contribution < -0.4 is 25.6 Å². The van der Waals surface area contributed by atoms with E-state index in [1.165, 1.54) is 32.4 Å². The lowest BCUT2D eigenvalue weighted by Gasteiger charge is -2.34. The minimum Gasteiger partial charge on any atom is -0.479 e. The minimum absolute atomic E-state index is 0.00438. The highest BCUT2D eigenvalue weighted by Gasteiger charge is 2.35. The molecule has 210 valence electrons. The van der Waals surface area contributed by atoms with Gasteiger partial charge in [-0.2, -0.15) is 23.1 Å². The van der Waals surface area contributed by atoms with Gasteiger partial charge in [0.05, 0.1) is 13.3 Å². The fourth-order valence-corrected chi connectivity index (χ4v) is 3.84. The van der Waals surface area contributed by atoms with Gasteiger partial charge in [0.2, 0.25) is 29.6 Å². The van der Waals surface area contributed by atoms with Crippen molar-refractivity contribution in [2.24, 2.45) is 0 Å². The van der Waals surface area contributed by atoms with Gasteiger partial charge in [-0.3, -0.25) is 9.59 Å². The molecular weight excluding hydrogens is 531 g/mol. The molecule has 1 fully saturated rings. The third-order valence-corrected chi connectivity index (χ3v) is 5.86. The van der Waals surface area contributed by atoms with E-state index in [1.54, 1.807) is 17.0 Å². The maximum absolute atomic E-state index is 13.7. The van der Waals surface area contributed by atoms with E-state index in [-0.39, 0.29) is 29.1 Å². The first-order valence-electron chi connectivity index (χ1n) is 12.0. The van der Waals surface area contributed by atoms with Gasteiger partial charge in [0.25, 0.3) is 0 Å². The molecule has 3 aromatic rings. The van der Waals surface area contributed by atoms with Crippen LogP contribution in [0.25, 0.3) is 0 Å². The maximum atomic E-state index is 13.7. The molecule has 1 saturated heterocycles. The van der Waals surface area contributed by atoms with E-state index in [9.17, 15) is 22.8 Å². The van der Waals surface area contributed by atoms with E-state index in [0.717, 1.165) is 6.08 Å². The van der Waals surface area contributed by atoms with Gasteiger partial charge in [0, 0.05) is 50.7 Å². The number of halogens is 3. The summed E-state index contributed by atoms with van der Waals surface area (Å²) in [4.78, 5) is 43.4. The van der Waals surface area contributed by atoms with Gasteiger partial charge in [-0.05, 0) is 24.3 Å². The number of methoxy groups -OCH3 is 1. The Morgan fingerprint density at radius 3 is 2.42 bits per heavy atom. The second kappa shape index (κ2) is 11.8. The second-order valence-electron chi connectivity index (χ2n) is 8.56. The third kappa shape index (κ3) is 6.73. The van der Waals surface area contributed by atoms with Crippen LogP contribution in [0.5, 0.6) is 5.88 Å². The van der Waals surface area contributed by atoms with Crippen molar-refractivity contribution in [2.75, 3.05) is 54.1 Å². The molecule has 2 aromatic heterocycles. The lowest BCUT2D eigenvalue weighted by Crippen LogP contribution is -2.48. The van der Waals surface area contributed by atoms with E-state index in [0.29, 0.717) is 44.0 Å². The van der Waals surface area contributed by atoms with Crippen molar-refractivity contribution in [3.05, 3.63) is 54.9 Å². The molecule has 0 spiro atoms. The average Bonchev–Trinajstić information content (AvgIpc) is 2.93. The highest BCUT2D eigenvalue weighted by atomic mass is 19.4. The highest BCUT2D eigenvalue weighted by molar-refractivity contribution is 5.99. The predicted molar refractivity (Wildman–Crippen MR) is 142 cm³/mol. The number of nitrogens with zero attached hydrogens (tertiary/aromatic N) is 6. The summed E-state index contributed by atoms with van der Waals surface area (Å²) < 4.78 is 46.6. The van der Waals surface area contributed by atoms with Crippen molar-refractivity contribution in [3.8, 4) is 5.88 Å². The first kappa shape index (κ1) is 28.1. The van der Waals surface area contributed by atoms with Crippen LogP contribution in [0, 0.1) is 0 Å². The van der Waals surface area contributed by atoms with Crippen LogP contribution in [-0.2, 0) is 15.8 Å². The summed E-state index contributed by atoms with van der Waals surface area (Å²) in [5.41, 5.74) is -0.275. The average molecular weight is 558 g/mol. The summed E-state index contributed by atoms with van der Waals surface area (Å²) >= 11 is 0. The highest BCUT2D eigenvalue weighted by Crippen LogP contribution is 2.36. The summed E-state index contributed by atoms with van der Waals surface area (Å²) in [6.07, 6.45) is -1.61. The molecule has 0 radical (unpaired) electrons. The third-order valence-electron chi connectivity index (χ3n) is 5.86. The lowest BCUT2D eigenvalue weighted by molar-refractivity contribution is -0.137. The Morgan fingerprint density at radius 2 is 1.77 bits per heavy atom. The molecule has 0 bridgehead atoms. The summed E-state index contributed by atoms with van der Waals surface area (Å²) in [7, 11) is 1.39. The summed E-state index contributed by atoms with van der Waals surface area (Å²) in [5, 5.41) is 7.99. The Kier molecular flexibility index (Phi) is 8.31. The molecule has 12 nitrogen and oxygen atoms in total. The molecule has 40 heavy (non-hydrogen) atoms. The topological polar surface area (TPSA) is 138 Å². The van der Waals surface area contributed by atoms with Crippen molar-refractivity contribution < 1.29 is 27.5 Å². The van der Waals surface area contributed by atoms with Crippen molar-refractivity contribution in [1.29, 1.82) is 0 Å². The van der Waals surface area contributed by atoms with Gasteiger partial charge in [0.1, 0.15) is 17.1 Å². The number of rotatable bonds is 8. The Labute approximate surface area is 227 Å². The SMILES string of the molecule is C=CC(=O)Nc1cccc(Nc2nc(Nc3cnc(N4CCN(C(C)=O)CC4)nc3OC)ncc2C(F)(F)F)c1. The van der Waals surface area contributed by atoms with E-state index in [4.69, 9.17) is 4.74 Å². The molecule has 0 aliphatic carbocycles. The van der Waals surface area contributed by atoms with Crippen molar-refractivity contribution in [2.45, 2.75) is 13.1 Å². The van der Waals surface area contributed by atoms with Gasteiger partial charge >= 0.3 is 6.18 Å². The van der Waals surface area contributed by atoms with Gasteiger partial charge in [0.15, 0.2) is 0 Å². The Morgan fingerprint density at radius 1 is 1.05 bits per heavy atom. The number of hydrogen-bond donors (Lipinski definition) is 3. The van der Waals surface area contributed by atoms with Crippen LogP contribution >= 0.6 is 0 Å². The Hall–Kier alpha value is -4.95. The molecule has 4 rings (SSSR count). The fraction of sp³-hybridized carbons (Fsp3) is 0.280. The first-order chi connectivity index (χ1) is 19.1. The van der Waals surface area contributed by atoms with Gasteiger partial charge in [-0.15, -0.1) is 0 Å². The molecule has 2 amide bonds. The van der Waals surface area contributed by atoms with E-state index < -0.39 is 23.5 Å². The predicted octanol–water partition coefficient (Wildman–Crippen LogP) is 3.57. The Balaban J connectivity index is 1.57. The molecule has 0 saturated carbocycles. The number of piperazine rings is 1. The standard InChI is InChI=1S/C25H26F3N9O3/c1-4-20(39)31-16-6-5-7-17(12-16)32-21-18(25(26,27)28)13-29-23(34-21)33-19-14-30-24(35-22(19)40-3)37-10-8-36(9-11-37)15(2)38/h4-7,12-14H,1,8-11H2,2-3H3,(H,31,39)(H2,29,32,33,34). The normalized spacial score (nSPS) is 13.4. The van der Waals surface area contributed by atoms with E-state index in [1.807, 2.05) is 4.90 Å². The second-order valence-corrected chi connectivity index (χ2v) is 8.56. The number of aromatic nitrogens is 4. The largest absolute Gasteiger partial charge is 0.479 e. The number of nitrogens with one attached hydrogen (secondary N) is 3.